The molecule has 4 heteroatoms. The molecule has 1 saturated heterocycles. The number of hydrogen-bond acceptors (Lipinski definition) is 2. The zero-order valence-electron chi connectivity index (χ0n) is 13.2. The molecule has 3 nitrogen and oxygen atoms in total. The highest BCUT2D eigenvalue weighted by molar-refractivity contribution is 9.10. The van der Waals surface area contributed by atoms with E-state index in [0.29, 0.717) is 6.54 Å². The third-order valence-corrected chi connectivity index (χ3v) is 5.45. The fourth-order valence-corrected chi connectivity index (χ4v) is 4.07. The van der Waals surface area contributed by atoms with Crippen LogP contribution in [0.4, 0.5) is 0 Å². The van der Waals surface area contributed by atoms with Crippen LogP contribution in [0.2, 0.25) is 0 Å². The number of benzene rings is 2. The Morgan fingerprint density at radius 3 is 2.54 bits per heavy atom. The first-order valence-electron chi connectivity index (χ1n) is 7.94. The number of carbonyl (C=O) groups is 2. The van der Waals surface area contributed by atoms with Crippen molar-refractivity contribution in [3.63, 3.8) is 0 Å². The van der Waals surface area contributed by atoms with Crippen LogP contribution in [0.5, 0.6) is 0 Å². The molecule has 2 aromatic rings. The molecule has 0 aromatic heterocycles. The number of imide groups is 1. The Morgan fingerprint density at radius 2 is 1.83 bits per heavy atom. The maximum atomic E-state index is 12.7. The average Bonchev–Trinajstić information content (AvgIpc) is 2.91. The van der Waals surface area contributed by atoms with Gasteiger partial charge in [-0.2, -0.15) is 0 Å². The summed E-state index contributed by atoms with van der Waals surface area (Å²) < 4.78 is 1.03. The van der Waals surface area contributed by atoms with E-state index in [9.17, 15) is 9.59 Å². The second-order valence-electron chi connectivity index (χ2n) is 6.30. The minimum absolute atomic E-state index is 0.0116. The fourth-order valence-electron chi connectivity index (χ4n) is 3.81. The van der Waals surface area contributed by atoms with Crippen LogP contribution in [-0.4, -0.2) is 23.3 Å². The van der Waals surface area contributed by atoms with E-state index in [2.05, 4.69) is 34.1 Å². The summed E-state index contributed by atoms with van der Waals surface area (Å²) in [6, 6.07) is 16.4. The first-order chi connectivity index (χ1) is 11.6. The number of fused-ring (bicyclic) bond motifs is 2. The molecule has 2 atom stereocenters. The van der Waals surface area contributed by atoms with Crippen LogP contribution in [0.1, 0.15) is 29.5 Å². The molecular weight excluding hydrogens is 366 g/mol. The molecule has 2 amide bonds. The molecule has 1 aliphatic heterocycles. The smallest absolute Gasteiger partial charge is 0.256 e. The van der Waals surface area contributed by atoms with Crippen molar-refractivity contribution in [3.8, 4) is 0 Å². The standard InChI is InChI=1S/C20H16BrNO2/c1-12(23)22-11-18-17(20(22)24)10-14-4-2-3-5-16(14)19(18)13-6-8-15(21)9-7-13/h2-10,18-19H,11H2,1H3/t18-,19+/m1/s1. The number of rotatable bonds is 1. The number of nitrogens with zero attached hydrogens (tertiary/aromatic N) is 1. The lowest BCUT2D eigenvalue weighted by Gasteiger charge is -2.30. The number of likely N-dealkylation sites (tertiary alicyclic amines) is 1. The summed E-state index contributed by atoms with van der Waals surface area (Å²) in [5, 5.41) is 0. The monoisotopic (exact) mass is 381 g/mol. The van der Waals surface area contributed by atoms with E-state index in [4.69, 9.17) is 0 Å². The second kappa shape index (κ2) is 5.71. The lowest BCUT2D eigenvalue weighted by Crippen LogP contribution is -2.30. The Kier molecular flexibility index (Phi) is 3.65. The van der Waals surface area contributed by atoms with E-state index in [-0.39, 0.29) is 23.7 Å². The van der Waals surface area contributed by atoms with E-state index < -0.39 is 0 Å². The van der Waals surface area contributed by atoms with Crippen molar-refractivity contribution in [3.05, 3.63) is 75.3 Å². The Hall–Kier alpha value is -2.20. The third-order valence-electron chi connectivity index (χ3n) is 4.92. The second-order valence-corrected chi connectivity index (χ2v) is 7.21. The molecule has 1 fully saturated rings. The minimum Gasteiger partial charge on any atom is -0.278 e. The summed E-state index contributed by atoms with van der Waals surface area (Å²) in [7, 11) is 0. The van der Waals surface area contributed by atoms with Crippen LogP contribution in [0.15, 0.2) is 58.6 Å². The molecule has 0 spiro atoms. The molecule has 4 rings (SSSR count). The number of amides is 2. The molecule has 1 aliphatic carbocycles. The number of carbonyl (C=O) groups excluding carboxylic acids is 2. The lowest BCUT2D eigenvalue weighted by molar-refractivity contribution is -0.138. The summed E-state index contributed by atoms with van der Waals surface area (Å²) in [6.07, 6.45) is 1.96. The minimum atomic E-state index is -0.186. The summed E-state index contributed by atoms with van der Waals surface area (Å²) in [6.45, 7) is 1.91. The summed E-state index contributed by atoms with van der Waals surface area (Å²) in [5.41, 5.74) is 4.19. The molecule has 0 N–H and O–H groups in total. The van der Waals surface area contributed by atoms with Gasteiger partial charge in [-0.15, -0.1) is 0 Å². The summed E-state index contributed by atoms with van der Waals surface area (Å²) >= 11 is 3.48. The molecular formula is C20H16BrNO2. The largest absolute Gasteiger partial charge is 0.278 e. The van der Waals surface area contributed by atoms with Gasteiger partial charge in [0.1, 0.15) is 0 Å². The Morgan fingerprint density at radius 1 is 1.12 bits per heavy atom. The van der Waals surface area contributed by atoms with Gasteiger partial charge in [-0.1, -0.05) is 52.3 Å². The molecule has 0 radical (unpaired) electrons. The van der Waals surface area contributed by atoms with Gasteiger partial charge in [0.15, 0.2) is 0 Å². The Balaban J connectivity index is 1.88. The normalized spacial score (nSPS) is 22.0. The molecule has 2 aromatic carbocycles. The number of hydrogen-bond donors (Lipinski definition) is 0. The highest BCUT2D eigenvalue weighted by Gasteiger charge is 2.44. The first-order valence-corrected chi connectivity index (χ1v) is 8.74. The zero-order chi connectivity index (χ0) is 16.8. The molecule has 2 aliphatic rings. The van der Waals surface area contributed by atoms with E-state index in [1.807, 2.05) is 36.4 Å². The first kappa shape index (κ1) is 15.3. The van der Waals surface area contributed by atoms with Crippen molar-refractivity contribution in [2.24, 2.45) is 5.92 Å². The van der Waals surface area contributed by atoms with Crippen molar-refractivity contribution in [2.75, 3.05) is 6.54 Å². The van der Waals surface area contributed by atoms with Gasteiger partial charge in [0.25, 0.3) is 5.91 Å². The van der Waals surface area contributed by atoms with Gasteiger partial charge >= 0.3 is 0 Å². The van der Waals surface area contributed by atoms with Gasteiger partial charge in [-0.3, -0.25) is 14.5 Å². The third kappa shape index (κ3) is 2.33. The van der Waals surface area contributed by atoms with Crippen LogP contribution in [0, 0.1) is 5.92 Å². The molecule has 0 bridgehead atoms. The van der Waals surface area contributed by atoms with Gasteiger partial charge in [0.05, 0.1) is 0 Å². The van der Waals surface area contributed by atoms with E-state index in [1.54, 1.807) is 0 Å². The van der Waals surface area contributed by atoms with E-state index in [1.165, 1.54) is 23.0 Å². The van der Waals surface area contributed by atoms with Crippen molar-refractivity contribution < 1.29 is 9.59 Å². The lowest BCUT2D eigenvalue weighted by atomic mass is 9.73. The van der Waals surface area contributed by atoms with Gasteiger partial charge in [0, 0.05) is 35.4 Å². The topological polar surface area (TPSA) is 37.4 Å². The Labute approximate surface area is 149 Å². The Bertz CT molecular complexity index is 869. The predicted molar refractivity (Wildman–Crippen MR) is 96.3 cm³/mol. The highest BCUT2D eigenvalue weighted by Crippen LogP contribution is 2.46. The van der Waals surface area contributed by atoms with Crippen LogP contribution >= 0.6 is 15.9 Å². The van der Waals surface area contributed by atoms with Crippen LogP contribution in [0.25, 0.3) is 6.08 Å². The van der Waals surface area contributed by atoms with Crippen molar-refractivity contribution in [1.29, 1.82) is 0 Å². The van der Waals surface area contributed by atoms with Gasteiger partial charge in [-0.05, 0) is 34.9 Å². The molecule has 120 valence electrons. The molecule has 24 heavy (non-hydrogen) atoms. The van der Waals surface area contributed by atoms with Crippen LogP contribution in [0.3, 0.4) is 0 Å². The summed E-state index contributed by atoms with van der Waals surface area (Å²) in [4.78, 5) is 25.9. The summed E-state index contributed by atoms with van der Waals surface area (Å²) in [5.74, 6) is -0.238. The number of halogens is 1. The van der Waals surface area contributed by atoms with Gasteiger partial charge < -0.3 is 0 Å². The van der Waals surface area contributed by atoms with Gasteiger partial charge in [0.2, 0.25) is 5.91 Å². The zero-order valence-corrected chi connectivity index (χ0v) is 14.8. The quantitative estimate of drug-likeness (QED) is 0.748. The molecule has 0 unspecified atom stereocenters. The van der Waals surface area contributed by atoms with Crippen molar-refractivity contribution >= 4 is 33.8 Å². The van der Waals surface area contributed by atoms with Crippen molar-refractivity contribution in [1.82, 2.24) is 4.90 Å². The van der Waals surface area contributed by atoms with Gasteiger partial charge in [-0.25, -0.2) is 0 Å². The SMILES string of the molecule is CC(=O)N1C[C@@H]2C(=Cc3ccccc3[C@@H]2c2ccc(Br)cc2)C1=O. The van der Waals surface area contributed by atoms with E-state index in [0.717, 1.165) is 15.6 Å². The maximum Gasteiger partial charge on any atom is 0.256 e. The average molecular weight is 382 g/mol. The molecule has 1 heterocycles. The van der Waals surface area contributed by atoms with Crippen molar-refractivity contribution in [2.45, 2.75) is 12.8 Å². The maximum absolute atomic E-state index is 12.7. The van der Waals surface area contributed by atoms with Crippen LogP contribution in [-0.2, 0) is 9.59 Å². The predicted octanol–water partition coefficient (Wildman–Crippen LogP) is 3.98. The molecule has 0 saturated carbocycles. The van der Waals surface area contributed by atoms with Crippen LogP contribution < -0.4 is 0 Å². The highest BCUT2D eigenvalue weighted by atomic mass is 79.9. The fraction of sp³-hybridized carbons (Fsp3) is 0.200. The van der Waals surface area contributed by atoms with E-state index >= 15 is 0 Å².